The van der Waals surface area contributed by atoms with Gasteiger partial charge in [0, 0.05) is 45.2 Å². The molecule has 5 nitrogen and oxygen atoms in total. The first kappa shape index (κ1) is 20.0. The summed E-state index contributed by atoms with van der Waals surface area (Å²) in [5.74, 6) is 1.69. The molecule has 1 aromatic carbocycles. The van der Waals surface area contributed by atoms with Crippen molar-refractivity contribution in [2.45, 2.75) is 62.7 Å². The Morgan fingerprint density at radius 1 is 1.07 bits per heavy atom. The zero-order valence-corrected chi connectivity index (χ0v) is 17.9. The average Bonchev–Trinajstić information content (AvgIpc) is 3.58. The van der Waals surface area contributed by atoms with Gasteiger partial charge in [0.2, 0.25) is 11.8 Å². The van der Waals surface area contributed by atoms with E-state index in [1.165, 1.54) is 24.0 Å². The maximum absolute atomic E-state index is 13.0. The van der Waals surface area contributed by atoms with E-state index in [2.05, 4.69) is 34.5 Å². The lowest BCUT2D eigenvalue weighted by Crippen LogP contribution is -2.47. The number of rotatable bonds is 5. The third-order valence-corrected chi connectivity index (χ3v) is 7.93. The molecule has 30 heavy (non-hydrogen) atoms. The summed E-state index contributed by atoms with van der Waals surface area (Å²) in [4.78, 5) is 27.6. The van der Waals surface area contributed by atoms with Crippen molar-refractivity contribution >= 4 is 11.8 Å². The fraction of sp³-hybridized carbons (Fsp3) is 0.680. The third-order valence-electron chi connectivity index (χ3n) is 7.93. The number of carbonyl (C=O) groups excluding carboxylic acids is 2. The summed E-state index contributed by atoms with van der Waals surface area (Å²) in [6, 6.07) is 8.74. The Kier molecular flexibility index (Phi) is 5.57. The van der Waals surface area contributed by atoms with Crippen LogP contribution in [0, 0.1) is 11.8 Å². The van der Waals surface area contributed by atoms with Crippen molar-refractivity contribution in [1.29, 1.82) is 0 Å². The number of piperidine rings is 1. The summed E-state index contributed by atoms with van der Waals surface area (Å²) in [5.41, 5.74) is 2.93. The van der Waals surface area contributed by atoms with Crippen LogP contribution in [-0.2, 0) is 19.7 Å². The van der Waals surface area contributed by atoms with Crippen LogP contribution in [0.3, 0.4) is 0 Å². The highest BCUT2D eigenvalue weighted by Crippen LogP contribution is 2.52. The fourth-order valence-electron chi connectivity index (χ4n) is 5.92. The Morgan fingerprint density at radius 3 is 2.53 bits per heavy atom. The molecule has 1 saturated carbocycles. The molecule has 2 amide bonds. The molecule has 0 bridgehead atoms. The third kappa shape index (κ3) is 4.01. The van der Waals surface area contributed by atoms with Crippen molar-refractivity contribution in [2.24, 2.45) is 11.8 Å². The Labute approximate surface area is 179 Å². The van der Waals surface area contributed by atoms with Crippen LogP contribution in [0.25, 0.3) is 0 Å². The number of benzene rings is 1. The molecule has 4 aliphatic rings. The van der Waals surface area contributed by atoms with Gasteiger partial charge in [0.1, 0.15) is 0 Å². The second kappa shape index (κ2) is 8.33. The van der Waals surface area contributed by atoms with Crippen LogP contribution in [0.5, 0.6) is 0 Å². The highest BCUT2D eigenvalue weighted by Gasteiger charge is 2.46. The second-order valence-electron chi connectivity index (χ2n) is 9.93. The van der Waals surface area contributed by atoms with Gasteiger partial charge in [-0.3, -0.25) is 9.59 Å². The lowest BCUT2D eigenvalue weighted by atomic mass is 9.73. The zero-order valence-electron chi connectivity index (χ0n) is 17.9. The summed E-state index contributed by atoms with van der Waals surface area (Å²) in [5, 5.41) is 3.15. The Bertz CT molecular complexity index is 789. The maximum Gasteiger partial charge on any atom is 0.225 e. The van der Waals surface area contributed by atoms with Gasteiger partial charge in [-0.2, -0.15) is 0 Å². The van der Waals surface area contributed by atoms with E-state index in [0.717, 1.165) is 51.7 Å². The van der Waals surface area contributed by atoms with Gasteiger partial charge in [0.15, 0.2) is 0 Å². The number of fused-ring (bicyclic) bond motifs is 2. The van der Waals surface area contributed by atoms with Crippen LogP contribution in [0.2, 0.25) is 0 Å². The molecule has 2 aliphatic carbocycles. The number of carbonyl (C=O) groups is 2. The van der Waals surface area contributed by atoms with Crippen LogP contribution in [0.1, 0.15) is 68.4 Å². The predicted octanol–water partition coefficient (Wildman–Crippen LogP) is 3.38. The molecule has 1 spiro atoms. The Hall–Kier alpha value is -1.88. The van der Waals surface area contributed by atoms with E-state index in [1.54, 1.807) is 0 Å². The summed E-state index contributed by atoms with van der Waals surface area (Å²) in [6.45, 7) is 3.95. The molecule has 5 rings (SSSR count). The van der Waals surface area contributed by atoms with E-state index in [-0.39, 0.29) is 17.2 Å². The number of nitrogens with one attached hydrogen (secondary N) is 1. The van der Waals surface area contributed by atoms with Gasteiger partial charge < -0.3 is 15.0 Å². The largest absolute Gasteiger partial charge is 0.381 e. The normalized spacial score (nSPS) is 25.9. The standard InChI is InChI=1S/C25H34N2O3/c28-23(26-17-18-5-6-18)15-20-16-25(22-4-2-1-3-21(20)22)9-11-27(12-10-25)24(29)19-7-13-30-14-8-19/h1-4,18-20H,5-17H2,(H,26,28)/t20-/m1/s1. The zero-order chi connectivity index (χ0) is 20.6. The van der Waals surface area contributed by atoms with Crippen LogP contribution in [-0.4, -0.2) is 49.6 Å². The summed E-state index contributed by atoms with van der Waals surface area (Å²) in [7, 11) is 0. The minimum atomic E-state index is 0.129. The smallest absolute Gasteiger partial charge is 0.225 e. The monoisotopic (exact) mass is 410 g/mol. The van der Waals surface area contributed by atoms with Gasteiger partial charge in [0.05, 0.1) is 0 Å². The second-order valence-corrected chi connectivity index (χ2v) is 9.93. The minimum absolute atomic E-state index is 0.129. The van der Waals surface area contributed by atoms with Crippen LogP contribution >= 0.6 is 0 Å². The van der Waals surface area contributed by atoms with Crippen LogP contribution < -0.4 is 5.32 Å². The molecule has 5 heteroatoms. The van der Waals surface area contributed by atoms with Crippen molar-refractivity contribution < 1.29 is 14.3 Å². The van der Waals surface area contributed by atoms with E-state index >= 15 is 0 Å². The van der Waals surface area contributed by atoms with Gasteiger partial charge >= 0.3 is 0 Å². The number of amides is 2. The quantitative estimate of drug-likeness (QED) is 0.810. The molecule has 3 fully saturated rings. The lowest BCUT2D eigenvalue weighted by Gasteiger charge is -2.41. The van der Waals surface area contributed by atoms with Gasteiger partial charge in [-0.25, -0.2) is 0 Å². The van der Waals surface area contributed by atoms with Crippen molar-refractivity contribution in [3.8, 4) is 0 Å². The first-order chi connectivity index (χ1) is 14.6. The molecule has 1 N–H and O–H groups in total. The molecule has 1 aromatic rings. The first-order valence-electron chi connectivity index (χ1n) is 11.9. The highest BCUT2D eigenvalue weighted by molar-refractivity contribution is 5.79. The first-order valence-corrected chi connectivity index (χ1v) is 11.9. The van der Waals surface area contributed by atoms with E-state index in [9.17, 15) is 9.59 Å². The Morgan fingerprint density at radius 2 is 1.80 bits per heavy atom. The molecule has 1 atom stereocenters. The number of ether oxygens (including phenoxy) is 1. The molecule has 2 saturated heterocycles. The van der Waals surface area contributed by atoms with E-state index in [1.807, 2.05) is 0 Å². The minimum Gasteiger partial charge on any atom is -0.381 e. The van der Waals surface area contributed by atoms with Crippen molar-refractivity contribution in [3.63, 3.8) is 0 Å². The molecular formula is C25H34N2O3. The molecule has 0 aromatic heterocycles. The SMILES string of the molecule is O=C(C[C@@H]1CC2(CCN(C(=O)C3CCOCC3)CC2)c2ccccc21)NCC1CC1. The number of hydrogen-bond acceptors (Lipinski definition) is 3. The van der Waals surface area contributed by atoms with Gasteiger partial charge in [-0.15, -0.1) is 0 Å². The van der Waals surface area contributed by atoms with Crippen molar-refractivity contribution in [1.82, 2.24) is 10.2 Å². The van der Waals surface area contributed by atoms with Gasteiger partial charge in [-0.1, -0.05) is 24.3 Å². The van der Waals surface area contributed by atoms with Gasteiger partial charge in [0.25, 0.3) is 0 Å². The fourth-order valence-corrected chi connectivity index (χ4v) is 5.92. The summed E-state index contributed by atoms with van der Waals surface area (Å²) in [6.07, 6.45) is 7.91. The van der Waals surface area contributed by atoms with E-state index < -0.39 is 0 Å². The summed E-state index contributed by atoms with van der Waals surface area (Å²) >= 11 is 0. The summed E-state index contributed by atoms with van der Waals surface area (Å²) < 4.78 is 5.43. The number of nitrogens with zero attached hydrogens (tertiary/aromatic N) is 1. The molecular weight excluding hydrogens is 376 g/mol. The lowest BCUT2D eigenvalue weighted by molar-refractivity contribution is -0.140. The predicted molar refractivity (Wildman–Crippen MR) is 115 cm³/mol. The van der Waals surface area contributed by atoms with Crippen LogP contribution in [0.15, 0.2) is 24.3 Å². The van der Waals surface area contributed by atoms with Crippen molar-refractivity contribution in [2.75, 3.05) is 32.8 Å². The number of hydrogen-bond donors (Lipinski definition) is 1. The molecule has 162 valence electrons. The molecule has 0 unspecified atom stereocenters. The molecule has 2 aliphatic heterocycles. The maximum atomic E-state index is 13.0. The highest BCUT2D eigenvalue weighted by atomic mass is 16.5. The van der Waals surface area contributed by atoms with E-state index in [4.69, 9.17) is 4.74 Å². The van der Waals surface area contributed by atoms with Crippen molar-refractivity contribution in [3.05, 3.63) is 35.4 Å². The topological polar surface area (TPSA) is 58.6 Å². The molecule has 2 heterocycles. The average molecular weight is 411 g/mol. The van der Waals surface area contributed by atoms with E-state index in [0.29, 0.717) is 37.4 Å². The molecule has 0 radical (unpaired) electrons. The number of likely N-dealkylation sites (tertiary alicyclic amines) is 1. The van der Waals surface area contributed by atoms with Crippen LogP contribution in [0.4, 0.5) is 0 Å². The van der Waals surface area contributed by atoms with Gasteiger partial charge in [-0.05, 0) is 73.3 Å². The Balaban J connectivity index is 1.24.